The van der Waals surface area contributed by atoms with Crippen LogP contribution in [-0.2, 0) is 11.3 Å². The zero-order valence-electron chi connectivity index (χ0n) is 14.2. The van der Waals surface area contributed by atoms with E-state index >= 15 is 0 Å². The van der Waals surface area contributed by atoms with Crippen molar-refractivity contribution in [2.75, 3.05) is 11.9 Å². The molecule has 0 aliphatic carbocycles. The first-order valence-electron chi connectivity index (χ1n) is 8.18. The van der Waals surface area contributed by atoms with Gasteiger partial charge in [0.25, 0.3) is 0 Å². The molecule has 0 fully saturated rings. The van der Waals surface area contributed by atoms with Gasteiger partial charge in [-0.15, -0.1) is 0 Å². The van der Waals surface area contributed by atoms with E-state index in [9.17, 15) is 4.79 Å². The lowest BCUT2D eigenvalue weighted by molar-refractivity contribution is -0.133. The molecule has 1 amide bonds. The van der Waals surface area contributed by atoms with E-state index in [-0.39, 0.29) is 11.9 Å². The van der Waals surface area contributed by atoms with Gasteiger partial charge in [-0.25, -0.2) is 0 Å². The molecule has 4 heteroatoms. The van der Waals surface area contributed by atoms with E-state index < -0.39 is 0 Å². The molecule has 2 aromatic carbocycles. The van der Waals surface area contributed by atoms with E-state index in [2.05, 4.69) is 11.4 Å². The SMILES string of the molecule is CC(C)N(Cc1ccccc1)C(=O)CCNc1ccccc1C#N. The Morgan fingerprint density at radius 2 is 1.79 bits per heavy atom. The van der Waals surface area contributed by atoms with Crippen molar-refractivity contribution in [2.24, 2.45) is 0 Å². The molecule has 2 rings (SSSR count). The van der Waals surface area contributed by atoms with Crippen molar-refractivity contribution in [3.05, 3.63) is 65.7 Å². The van der Waals surface area contributed by atoms with Crippen LogP contribution in [0.4, 0.5) is 5.69 Å². The van der Waals surface area contributed by atoms with Crippen LogP contribution in [0.3, 0.4) is 0 Å². The molecular weight excluding hydrogens is 298 g/mol. The second-order valence-corrected chi connectivity index (χ2v) is 5.94. The summed E-state index contributed by atoms with van der Waals surface area (Å²) < 4.78 is 0. The summed E-state index contributed by atoms with van der Waals surface area (Å²) in [6.45, 7) is 5.18. The van der Waals surface area contributed by atoms with Gasteiger partial charge in [-0.2, -0.15) is 5.26 Å². The van der Waals surface area contributed by atoms with Crippen LogP contribution < -0.4 is 5.32 Å². The number of anilines is 1. The Labute approximate surface area is 143 Å². The summed E-state index contributed by atoms with van der Waals surface area (Å²) in [4.78, 5) is 14.4. The maximum absolute atomic E-state index is 12.6. The van der Waals surface area contributed by atoms with Crippen LogP contribution in [0.15, 0.2) is 54.6 Å². The molecule has 124 valence electrons. The van der Waals surface area contributed by atoms with Gasteiger partial charge in [0.15, 0.2) is 0 Å². The van der Waals surface area contributed by atoms with Crippen molar-refractivity contribution in [2.45, 2.75) is 32.9 Å². The summed E-state index contributed by atoms with van der Waals surface area (Å²) in [7, 11) is 0. The van der Waals surface area contributed by atoms with Gasteiger partial charge in [-0.1, -0.05) is 42.5 Å². The summed E-state index contributed by atoms with van der Waals surface area (Å²) >= 11 is 0. The van der Waals surface area contributed by atoms with Gasteiger partial charge in [0.2, 0.25) is 5.91 Å². The smallest absolute Gasteiger partial charge is 0.224 e. The largest absolute Gasteiger partial charge is 0.383 e. The van der Waals surface area contributed by atoms with Gasteiger partial charge in [0, 0.05) is 25.6 Å². The van der Waals surface area contributed by atoms with Crippen molar-refractivity contribution >= 4 is 11.6 Å². The van der Waals surface area contributed by atoms with Crippen molar-refractivity contribution in [1.82, 2.24) is 4.90 Å². The van der Waals surface area contributed by atoms with Crippen molar-refractivity contribution in [3.63, 3.8) is 0 Å². The summed E-state index contributed by atoms with van der Waals surface area (Å²) in [6.07, 6.45) is 0.394. The number of nitrogens with one attached hydrogen (secondary N) is 1. The van der Waals surface area contributed by atoms with Gasteiger partial charge in [0.05, 0.1) is 11.3 Å². The molecule has 0 atom stereocenters. The second kappa shape index (κ2) is 8.73. The highest BCUT2D eigenvalue weighted by Gasteiger charge is 2.17. The number of para-hydroxylation sites is 1. The predicted octanol–water partition coefficient (Wildman–Crippen LogP) is 3.80. The first-order valence-corrected chi connectivity index (χ1v) is 8.18. The first kappa shape index (κ1) is 17.6. The average Bonchev–Trinajstić information content (AvgIpc) is 2.60. The van der Waals surface area contributed by atoms with Crippen molar-refractivity contribution < 1.29 is 4.79 Å². The minimum absolute atomic E-state index is 0.107. The highest BCUT2D eigenvalue weighted by atomic mass is 16.2. The second-order valence-electron chi connectivity index (χ2n) is 5.94. The molecule has 0 bridgehead atoms. The maximum atomic E-state index is 12.6. The molecule has 0 saturated heterocycles. The van der Waals surface area contributed by atoms with Crippen LogP contribution in [0, 0.1) is 11.3 Å². The predicted molar refractivity (Wildman–Crippen MR) is 96.4 cm³/mol. The zero-order chi connectivity index (χ0) is 17.4. The van der Waals surface area contributed by atoms with E-state index in [0.717, 1.165) is 11.3 Å². The normalized spacial score (nSPS) is 10.2. The van der Waals surface area contributed by atoms with Crippen molar-refractivity contribution in [1.29, 1.82) is 5.26 Å². The molecule has 0 radical (unpaired) electrons. The third-order valence-corrected chi connectivity index (χ3v) is 3.84. The van der Waals surface area contributed by atoms with Crippen LogP contribution in [0.5, 0.6) is 0 Å². The first-order chi connectivity index (χ1) is 11.6. The molecular formula is C20H23N3O. The number of nitrogens with zero attached hydrogens (tertiary/aromatic N) is 2. The van der Waals surface area contributed by atoms with Crippen LogP contribution in [0.2, 0.25) is 0 Å². The Balaban J connectivity index is 1.93. The number of benzene rings is 2. The number of carbonyl (C=O) groups is 1. The van der Waals surface area contributed by atoms with Gasteiger partial charge >= 0.3 is 0 Å². The van der Waals surface area contributed by atoms with Crippen LogP contribution in [-0.4, -0.2) is 23.4 Å². The van der Waals surface area contributed by atoms with Gasteiger partial charge in [0.1, 0.15) is 6.07 Å². The number of rotatable bonds is 7. The van der Waals surface area contributed by atoms with Crippen LogP contribution in [0.25, 0.3) is 0 Å². The molecule has 0 spiro atoms. The van der Waals surface area contributed by atoms with E-state index in [1.54, 1.807) is 6.07 Å². The fraction of sp³-hybridized carbons (Fsp3) is 0.300. The number of hydrogen-bond acceptors (Lipinski definition) is 3. The molecule has 0 unspecified atom stereocenters. The lowest BCUT2D eigenvalue weighted by atomic mass is 10.1. The topological polar surface area (TPSA) is 56.1 Å². The lowest BCUT2D eigenvalue weighted by Crippen LogP contribution is -2.37. The van der Waals surface area contributed by atoms with Gasteiger partial charge < -0.3 is 10.2 Å². The maximum Gasteiger partial charge on any atom is 0.224 e. The molecule has 4 nitrogen and oxygen atoms in total. The molecule has 0 saturated carbocycles. The monoisotopic (exact) mass is 321 g/mol. The van der Waals surface area contributed by atoms with E-state index in [1.807, 2.05) is 67.3 Å². The van der Waals surface area contributed by atoms with E-state index in [1.165, 1.54) is 0 Å². The number of amides is 1. The van der Waals surface area contributed by atoms with Crippen LogP contribution in [0.1, 0.15) is 31.4 Å². The van der Waals surface area contributed by atoms with Crippen molar-refractivity contribution in [3.8, 4) is 6.07 Å². The fourth-order valence-corrected chi connectivity index (χ4v) is 2.52. The Hall–Kier alpha value is -2.80. The molecule has 0 aliphatic rings. The molecule has 1 N–H and O–H groups in total. The quantitative estimate of drug-likeness (QED) is 0.844. The highest BCUT2D eigenvalue weighted by molar-refractivity contribution is 5.77. The lowest BCUT2D eigenvalue weighted by Gasteiger charge is -2.27. The third-order valence-electron chi connectivity index (χ3n) is 3.84. The van der Waals surface area contributed by atoms with Gasteiger partial charge in [-0.05, 0) is 31.5 Å². The summed E-state index contributed by atoms with van der Waals surface area (Å²) in [6, 6.07) is 19.6. The molecule has 0 aromatic heterocycles. The molecule has 24 heavy (non-hydrogen) atoms. The molecule has 0 heterocycles. The fourth-order valence-electron chi connectivity index (χ4n) is 2.52. The number of hydrogen-bond donors (Lipinski definition) is 1. The standard InChI is InChI=1S/C20H23N3O/c1-16(2)23(15-17-8-4-3-5-9-17)20(24)12-13-22-19-11-7-6-10-18(19)14-21/h3-11,16,22H,12-13,15H2,1-2H3. The summed E-state index contributed by atoms with van der Waals surface area (Å²) in [5.41, 5.74) is 2.49. The Kier molecular flexibility index (Phi) is 6.39. The van der Waals surface area contributed by atoms with E-state index in [4.69, 9.17) is 5.26 Å². The summed E-state index contributed by atoms with van der Waals surface area (Å²) in [5.74, 6) is 0.107. The number of nitriles is 1. The van der Waals surface area contributed by atoms with Crippen LogP contribution >= 0.6 is 0 Å². The minimum atomic E-state index is 0.107. The summed E-state index contributed by atoms with van der Waals surface area (Å²) in [5, 5.41) is 12.3. The Morgan fingerprint density at radius 1 is 1.12 bits per heavy atom. The number of carbonyl (C=O) groups excluding carboxylic acids is 1. The average molecular weight is 321 g/mol. The van der Waals surface area contributed by atoms with E-state index in [0.29, 0.717) is 25.1 Å². The Morgan fingerprint density at radius 3 is 2.46 bits per heavy atom. The highest BCUT2D eigenvalue weighted by Crippen LogP contribution is 2.14. The molecule has 0 aliphatic heterocycles. The Bertz CT molecular complexity index is 704. The zero-order valence-corrected chi connectivity index (χ0v) is 14.2. The molecule has 2 aromatic rings. The minimum Gasteiger partial charge on any atom is -0.383 e. The van der Waals surface area contributed by atoms with Gasteiger partial charge in [-0.3, -0.25) is 4.79 Å². The third kappa shape index (κ3) is 4.85.